The van der Waals surface area contributed by atoms with Gasteiger partial charge in [-0.05, 0) is 41.8 Å². The Hall–Kier alpha value is -2.74. The predicted molar refractivity (Wildman–Crippen MR) is 106 cm³/mol. The van der Waals surface area contributed by atoms with Gasteiger partial charge in [0.05, 0.1) is 25.8 Å². The Labute approximate surface area is 173 Å². The molecule has 5 nitrogen and oxygen atoms in total. The van der Waals surface area contributed by atoms with Gasteiger partial charge in [0.1, 0.15) is 0 Å². The highest BCUT2D eigenvalue weighted by molar-refractivity contribution is 5.78. The quantitative estimate of drug-likeness (QED) is 0.694. The van der Waals surface area contributed by atoms with E-state index in [1.165, 1.54) is 6.07 Å². The van der Waals surface area contributed by atoms with Crippen LogP contribution in [-0.2, 0) is 17.5 Å². The van der Waals surface area contributed by atoms with Crippen LogP contribution in [0.4, 0.5) is 13.2 Å². The molecule has 3 rings (SSSR count). The molecule has 1 amide bonds. The van der Waals surface area contributed by atoms with Crippen molar-refractivity contribution in [1.29, 1.82) is 0 Å². The lowest BCUT2D eigenvalue weighted by Crippen LogP contribution is -2.36. The molecule has 1 atom stereocenters. The van der Waals surface area contributed by atoms with Gasteiger partial charge in [0, 0.05) is 26.1 Å². The van der Waals surface area contributed by atoms with Gasteiger partial charge >= 0.3 is 6.18 Å². The molecule has 2 aromatic rings. The molecule has 2 aromatic carbocycles. The van der Waals surface area contributed by atoms with E-state index in [1.807, 2.05) is 12.1 Å². The third-order valence-corrected chi connectivity index (χ3v) is 5.19. The second-order valence-electron chi connectivity index (χ2n) is 7.19. The number of benzene rings is 2. The van der Waals surface area contributed by atoms with Crippen LogP contribution in [-0.4, -0.2) is 38.1 Å². The van der Waals surface area contributed by atoms with Gasteiger partial charge in [-0.2, -0.15) is 13.2 Å². The summed E-state index contributed by atoms with van der Waals surface area (Å²) in [5.74, 6) is 1.19. The molecule has 0 spiro atoms. The number of amides is 1. The van der Waals surface area contributed by atoms with Gasteiger partial charge in [0.2, 0.25) is 5.91 Å². The van der Waals surface area contributed by atoms with E-state index in [2.05, 4.69) is 5.32 Å². The number of halogens is 3. The van der Waals surface area contributed by atoms with Crippen molar-refractivity contribution in [2.24, 2.45) is 0 Å². The predicted octanol–water partition coefficient (Wildman–Crippen LogP) is 4.18. The summed E-state index contributed by atoms with van der Waals surface area (Å²) in [4.78, 5) is 13.8. The maximum absolute atomic E-state index is 13.2. The minimum atomic E-state index is -4.42. The van der Waals surface area contributed by atoms with Crippen molar-refractivity contribution in [2.75, 3.05) is 27.3 Å². The van der Waals surface area contributed by atoms with Gasteiger partial charge < -0.3 is 19.7 Å². The van der Waals surface area contributed by atoms with Crippen LogP contribution in [0.15, 0.2) is 42.5 Å². The monoisotopic (exact) mass is 422 g/mol. The van der Waals surface area contributed by atoms with Crippen molar-refractivity contribution in [1.82, 2.24) is 10.2 Å². The number of alkyl halides is 3. The van der Waals surface area contributed by atoms with Crippen LogP contribution in [0.5, 0.6) is 11.5 Å². The zero-order valence-electron chi connectivity index (χ0n) is 17.0. The lowest BCUT2D eigenvalue weighted by atomic mass is 10.0. The average Bonchev–Trinajstić information content (AvgIpc) is 3.14. The summed E-state index contributed by atoms with van der Waals surface area (Å²) in [5, 5.41) is 3.31. The van der Waals surface area contributed by atoms with E-state index < -0.39 is 17.8 Å². The lowest BCUT2D eigenvalue weighted by molar-refractivity contribution is -0.137. The van der Waals surface area contributed by atoms with E-state index in [0.717, 1.165) is 24.1 Å². The highest BCUT2D eigenvalue weighted by Crippen LogP contribution is 2.32. The highest BCUT2D eigenvalue weighted by Gasteiger charge is 2.31. The second kappa shape index (κ2) is 9.38. The Kier molecular flexibility index (Phi) is 6.87. The number of hydrogen-bond acceptors (Lipinski definition) is 4. The van der Waals surface area contributed by atoms with E-state index in [4.69, 9.17) is 9.47 Å². The van der Waals surface area contributed by atoms with Gasteiger partial charge in [-0.1, -0.05) is 18.2 Å². The highest BCUT2D eigenvalue weighted by atomic mass is 19.4. The van der Waals surface area contributed by atoms with E-state index >= 15 is 0 Å². The standard InChI is InChI=1S/C22H25F3N2O3/c1-29-19-9-8-15(11-20(19)30-2)13-26-18(14-27-10-4-7-21(27)28)16-5-3-6-17(12-16)22(23,24)25/h3,5-6,8-9,11-12,18,26H,4,7,10,13-14H2,1-2H3. The van der Waals surface area contributed by atoms with Crippen molar-refractivity contribution in [3.05, 3.63) is 59.2 Å². The third kappa shape index (κ3) is 5.24. The summed E-state index contributed by atoms with van der Waals surface area (Å²) in [6.45, 7) is 1.32. The first kappa shape index (κ1) is 22.0. The maximum Gasteiger partial charge on any atom is 0.416 e. The van der Waals surface area contributed by atoms with Crippen LogP contribution < -0.4 is 14.8 Å². The lowest BCUT2D eigenvalue weighted by Gasteiger charge is -2.26. The van der Waals surface area contributed by atoms with Gasteiger partial charge in [0.15, 0.2) is 11.5 Å². The molecule has 1 aliphatic rings. The number of ether oxygens (including phenoxy) is 2. The first-order valence-electron chi connectivity index (χ1n) is 9.71. The SMILES string of the molecule is COc1ccc(CNC(CN2CCCC2=O)c2cccc(C(F)(F)F)c2)cc1OC. The van der Waals surface area contributed by atoms with Crippen molar-refractivity contribution < 1.29 is 27.4 Å². The molecule has 1 heterocycles. The molecule has 1 unspecified atom stereocenters. The third-order valence-electron chi connectivity index (χ3n) is 5.19. The van der Waals surface area contributed by atoms with Crippen LogP contribution in [0, 0.1) is 0 Å². The molecular formula is C22H25F3N2O3. The van der Waals surface area contributed by atoms with Gasteiger partial charge in [-0.3, -0.25) is 4.79 Å². The van der Waals surface area contributed by atoms with Crippen LogP contribution in [0.25, 0.3) is 0 Å². The molecule has 1 aliphatic heterocycles. The summed E-state index contributed by atoms with van der Waals surface area (Å²) in [5.41, 5.74) is 0.674. The Morgan fingerprint density at radius 3 is 2.50 bits per heavy atom. The summed E-state index contributed by atoms with van der Waals surface area (Å²) >= 11 is 0. The van der Waals surface area contributed by atoms with Gasteiger partial charge in [-0.15, -0.1) is 0 Å². The van der Waals surface area contributed by atoms with E-state index in [9.17, 15) is 18.0 Å². The number of hydrogen-bond donors (Lipinski definition) is 1. The van der Waals surface area contributed by atoms with E-state index in [1.54, 1.807) is 31.3 Å². The molecule has 1 N–H and O–H groups in total. The first-order chi connectivity index (χ1) is 14.3. The summed E-state index contributed by atoms with van der Waals surface area (Å²) in [7, 11) is 3.09. The fraction of sp³-hybridized carbons (Fsp3) is 0.409. The van der Waals surface area contributed by atoms with Gasteiger partial charge in [0.25, 0.3) is 0 Å². The Balaban J connectivity index is 1.82. The van der Waals surface area contributed by atoms with Crippen LogP contribution in [0.1, 0.15) is 35.6 Å². The number of nitrogens with one attached hydrogen (secondary N) is 1. The van der Waals surface area contributed by atoms with Crippen molar-refractivity contribution in [3.63, 3.8) is 0 Å². The van der Waals surface area contributed by atoms with Crippen molar-refractivity contribution in [3.8, 4) is 11.5 Å². The van der Waals surface area contributed by atoms with Crippen LogP contribution in [0.3, 0.4) is 0 Å². The van der Waals surface area contributed by atoms with Crippen molar-refractivity contribution in [2.45, 2.75) is 31.6 Å². The molecule has 0 radical (unpaired) electrons. The number of likely N-dealkylation sites (tertiary alicyclic amines) is 1. The average molecular weight is 422 g/mol. The Morgan fingerprint density at radius 2 is 1.87 bits per heavy atom. The van der Waals surface area contributed by atoms with E-state index in [0.29, 0.717) is 43.1 Å². The Morgan fingerprint density at radius 1 is 1.10 bits per heavy atom. The molecule has 8 heteroatoms. The molecule has 1 fully saturated rings. The molecule has 0 bridgehead atoms. The summed E-state index contributed by atoms with van der Waals surface area (Å²) < 4.78 is 50.1. The molecule has 0 saturated carbocycles. The van der Waals surface area contributed by atoms with Crippen LogP contribution in [0.2, 0.25) is 0 Å². The summed E-state index contributed by atoms with van der Waals surface area (Å²) in [6, 6.07) is 10.3. The molecular weight excluding hydrogens is 397 g/mol. The Bertz CT molecular complexity index is 886. The minimum Gasteiger partial charge on any atom is -0.493 e. The fourth-order valence-electron chi connectivity index (χ4n) is 3.57. The zero-order valence-corrected chi connectivity index (χ0v) is 17.0. The topological polar surface area (TPSA) is 50.8 Å². The largest absolute Gasteiger partial charge is 0.493 e. The second-order valence-corrected chi connectivity index (χ2v) is 7.19. The normalized spacial score (nSPS) is 15.4. The number of rotatable bonds is 8. The first-order valence-corrected chi connectivity index (χ1v) is 9.71. The molecule has 0 aromatic heterocycles. The minimum absolute atomic E-state index is 0.0277. The van der Waals surface area contributed by atoms with Gasteiger partial charge in [-0.25, -0.2) is 0 Å². The smallest absolute Gasteiger partial charge is 0.416 e. The fourth-order valence-corrected chi connectivity index (χ4v) is 3.57. The van der Waals surface area contributed by atoms with Crippen molar-refractivity contribution >= 4 is 5.91 Å². The number of nitrogens with zero attached hydrogens (tertiary/aromatic N) is 1. The number of methoxy groups -OCH3 is 2. The molecule has 30 heavy (non-hydrogen) atoms. The zero-order chi connectivity index (χ0) is 21.7. The number of carbonyl (C=O) groups excluding carboxylic acids is 1. The van der Waals surface area contributed by atoms with Crippen LogP contribution >= 0.6 is 0 Å². The molecule has 162 valence electrons. The molecule has 0 aliphatic carbocycles. The van der Waals surface area contributed by atoms with E-state index in [-0.39, 0.29) is 5.91 Å². The molecule has 1 saturated heterocycles. The maximum atomic E-state index is 13.2. The number of carbonyl (C=O) groups is 1. The summed E-state index contributed by atoms with van der Waals surface area (Å²) in [6.07, 6.45) is -3.18.